The second kappa shape index (κ2) is 9.82. The predicted octanol–water partition coefficient (Wildman–Crippen LogP) is 2.53. The molecule has 4 heteroatoms. The lowest BCUT2D eigenvalue weighted by Crippen LogP contribution is -2.38. The van der Waals surface area contributed by atoms with Gasteiger partial charge >= 0.3 is 0 Å². The van der Waals surface area contributed by atoms with Crippen molar-refractivity contribution in [2.75, 3.05) is 46.0 Å². The smallest absolute Gasteiger partial charge is 0.119 e. The average molecular weight is 306 g/mol. The molecular formula is C18H30N2O2. The van der Waals surface area contributed by atoms with E-state index in [9.17, 15) is 0 Å². The Balaban J connectivity index is 1.66. The first kappa shape index (κ1) is 17.3. The summed E-state index contributed by atoms with van der Waals surface area (Å²) in [4.78, 5) is 2.39. The van der Waals surface area contributed by atoms with Crippen LogP contribution in [0.3, 0.4) is 0 Å². The lowest BCUT2D eigenvalue weighted by atomic mass is 10.1. The van der Waals surface area contributed by atoms with Crippen LogP contribution in [0.15, 0.2) is 24.3 Å². The Morgan fingerprint density at radius 1 is 1.27 bits per heavy atom. The predicted molar refractivity (Wildman–Crippen MR) is 90.4 cm³/mol. The topological polar surface area (TPSA) is 33.7 Å². The zero-order valence-corrected chi connectivity index (χ0v) is 14.0. The van der Waals surface area contributed by atoms with Gasteiger partial charge in [0.15, 0.2) is 0 Å². The van der Waals surface area contributed by atoms with Crippen molar-refractivity contribution in [2.24, 2.45) is 5.92 Å². The third kappa shape index (κ3) is 6.77. The van der Waals surface area contributed by atoms with Crippen LogP contribution in [-0.2, 0) is 11.3 Å². The number of benzene rings is 1. The fraction of sp³-hybridized carbons (Fsp3) is 0.667. The van der Waals surface area contributed by atoms with Crippen molar-refractivity contribution >= 4 is 0 Å². The van der Waals surface area contributed by atoms with Crippen molar-refractivity contribution in [3.05, 3.63) is 29.8 Å². The molecule has 0 radical (unpaired) electrons. The summed E-state index contributed by atoms with van der Waals surface area (Å²) < 4.78 is 11.2. The van der Waals surface area contributed by atoms with Gasteiger partial charge in [0, 0.05) is 26.2 Å². The van der Waals surface area contributed by atoms with Gasteiger partial charge in [-0.25, -0.2) is 0 Å². The zero-order valence-electron chi connectivity index (χ0n) is 14.0. The molecule has 4 nitrogen and oxygen atoms in total. The fourth-order valence-corrected chi connectivity index (χ4v) is 2.49. The van der Waals surface area contributed by atoms with E-state index in [4.69, 9.17) is 9.47 Å². The highest BCUT2D eigenvalue weighted by atomic mass is 16.5. The minimum absolute atomic E-state index is 0.740. The van der Waals surface area contributed by atoms with Gasteiger partial charge in [-0.3, -0.25) is 4.90 Å². The largest absolute Gasteiger partial charge is 0.492 e. The van der Waals surface area contributed by atoms with Gasteiger partial charge in [-0.15, -0.1) is 0 Å². The van der Waals surface area contributed by atoms with Crippen LogP contribution in [0.4, 0.5) is 0 Å². The van der Waals surface area contributed by atoms with Gasteiger partial charge in [-0.2, -0.15) is 0 Å². The quantitative estimate of drug-likeness (QED) is 0.711. The van der Waals surface area contributed by atoms with E-state index in [1.807, 2.05) is 6.07 Å². The monoisotopic (exact) mass is 306 g/mol. The van der Waals surface area contributed by atoms with Crippen LogP contribution in [0.1, 0.15) is 25.8 Å². The molecule has 1 fully saturated rings. The van der Waals surface area contributed by atoms with E-state index in [-0.39, 0.29) is 0 Å². The molecule has 1 heterocycles. The Labute approximate surface area is 134 Å². The molecule has 0 atom stereocenters. The second-order valence-corrected chi connectivity index (χ2v) is 6.31. The van der Waals surface area contributed by atoms with Crippen molar-refractivity contribution in [3.63, 3.8) is 0 Å². The molecule has 22 heavy (non-hydrogen) atoms. The maximum Gasteiger partial charge on any atom is 0.119 e. The standard InChI is InChI=1S/C18H30N2O2/c1-16(2)6-7-19-15-17-4-3-5-18(14-17)22-13-10-20-8-11-21-12-9-20/h3-5,14,16,19H,6-13,15H2,1-2H3. The molecule has 0 bridgehead atoms. The van der Waals surface area contributed by atoms with Crippen LogP contribution in [0.5, 0.6) is 5.75 Å². The normalized spacial score (nSPS) is 16.1. The molecule has 0 aliphatic carbocycles. The minimum atomic E-state index is 0.740. The van der Waals surface area contributed by atoms with Crippen molar-refractivity contribution in [1.29, 1.82) is 0 Å². The molecule has 2 rings (SSSR count). The van der Waals surface area contributed by atoms with Crippen molar-refractivity contribution in [2.45, 2.75) is 26.8 Å². The Kier molecular flexibility index (Phi) is 7.71. The number of hydrogen-bond acceptors (Lipinski definition) is 4. The van der Waals surface area contributed by atoms with Gasteiger partial charge in [0.2, 0.25) is 0 Å². The Morgan fingerprint density at radius 2 is 2.09 bits per heavy atom. The molecule has 0 unspecified atom stereocenters. The lowest BCUT2D eigenvalue weighted by molar-refractivity contribution is 0.0322. The summed E-state index contributed by atoms with van der Waals surface area (Å²) in [6.07, 6.45) is 1.22. The molecule has 124 valence electrons. The van der Waals surface area contributed by atoms with E-state index >= 15 is 0 Å². The van der Waals surface area contributed by atoms with Gasteiger partial charge in [0.25, 0.3) is 0 Å². The van der Waals surface area contributed by atoms with Crippen LogP contribution in [0, 0.1) is 5.92 Å². The molecule has 1 saturated heterocycles. The van der Waals surface area contributed by atoms with E-state index in [0.29, 0.717) is 0 Å². The maximum atomic E-state index is 5.88. The number of hydrogen-bond donors (Lipinski definition) is 1. The number of rotatable bonds is 9. The van der Waals surface area contributed by atoms with E-state index in [1.165, 1.54) is 12.0 Å². The highest BCUT2D eigenvalue weighted by Crippen LogP contribution is 2.13. The molecule has 1 aliphatic rings. The first-order valence-corrected chi connectivity index (χ1v) is 8.46. The summed E-state index contributed by atoms with van der Waals surface area (Å²) in [5, 5.41) is 3.49. The molecular weight excluding hydrogens is 276 g/mol. The van der Waals surface area contributed by atoms with E-state index in [2.05, 4.69) is 42.3 Å². The van der Waals surface area contributed by atoms with Crippen LogP contribution < -0.4 is 10.1 Å². The van der Waals surface area contributed by atoms with E-state index in [1.54, 1.807) is 0 Å². The number of morpholine rings is 1. The zero-order chi connectivity index (χ0) is 15.6. The summed E-state index contributed by atoms with van der Waals surface area (Å²) in [6, 6.07) is 8.40. The summed E-state index contributed by atoms with van der Waals surface area (Å²) in [5.41, 5.74) is 1.28. The Morgan fingerprint density at radius 3 is 2.86 bits per heavy atom. The lowest BCUT2D eigenvalue weighted by Gasteiger charge is -2.26. The summed E-state index contributed by atoms with van der Waals surface area (Å²) in [5.74, 6) is 1.72. The number of ether oxygens (including phenoxy) is 2. The fourth-order valence-electron chi connectivity index (χ4n) is 2.49. The molecule has 0 saturated carbocycles. The minimum Gasteiger partial charge on any atom is -0.492 e. The van der Waals surface area contributed by atoms with Gasteiger partial charge in [0.1, 0.15) is 12.4 Å². The number of nitrogens with zero attached hydrogens (tertiary/aromatic N) is 1. The average Bonchev–Trinajstić information content (AvgIpc) is 2.53. The van der Waals surface area contributed by atoms with Gasteiger partial charge in [-0.05, 0) is 36.6 Å². The summed E-state index contributed by atoms with van der Waals surface area (Å²) >= 11 is 0. The third-order valence-corrected chi connectivity index (χ3v) is 3.91. The molecule has 0 aromatic heterocycles. The first-order valence-electron chi connectivity index (χ1n) is 8.46. The highest BCUT2D eigenvalue weighted by molar-refractivity contribution is 5.28. The first-order chi connectivity index (χ1) is 10.7. The highest BCUT2D eigenvalue weighted by Gasteiger charge is 2.09. The van der Waals surface area contributed by atoms with Crippen molar-refractivity contribution in [1.82, 2.24) is 10.2 Å². The third-order valence-electron chi connectivity index (χ3n) is 3.91. The SMILES string of the molecule is CC(C)CCNCc1cccc(OCCN2CCOCC2)c1. The van der Waals surface area contributed by atoms with Crippen molar-refractivity contribution < 1.29 is 9.47 Å². The molecule has 0 amide bonds. The van der Waals surface area contributed by atoms with Crippen LogP contribution >= 0.6 is 0 Å². The molecule has 1 aromatic carbocycles. The van der Waals surface area contributed by atoms with E-state index in [0.717, 1.165) is 64.2 Å². The molecule has 1 aliphatic heterocycles. The Hall–Kier alpha value is -1.10. The van der Waals surface area contributed by atoms with E-state index < -0.39 is 0 Å². The number of nitrogens with one attached hydrogen (secondary N) is 1. The van der Waals surface area contributed by atoms with Gasteiger partial charge < -0.3 is 14.8 Å². The van der Waals surface area contributed by atoms with Crippen LogP contribution in [0.2, 0.25) is 0 Å². The Bertz CT molecular complexity index is 417. The summed E-state index contributed by atoms with van der Waals surface area (Å²) in [7, 11) is 0. The van der Waals surface area contributed by atoms with Crippen LogP contribution in [0.25, 0.3) is 0 Å². The van der Waals surface area contributed by atoms with Gasteiger partial charge in [0.05, 0.1) is 13.2 Å². The second-order valence-electron chi connectivity index (χ2n) is 6.31. The summed E-state index contributed by atoms with van der Waals surface area (Å²) in [6.45, 7) is 11.9. The maximum absolute atomic E-state index is 5.88. The molecule has 1 aromatic rings. The van der Waals surface area contributed by atoms with Gasteiger partial charge in [-0.1, -0.05) is 26.0 Å². The van der Waals surface area contributed by atoms with Crippen molar-refractivity contribution in [3.8, 4) is 5.75 Å². The molecule has 0 spiro atoms. The van der Waals surface area contributed by atoms with Crippen LogP contribution in [-0.4, -0.2) is 50.9 Å². The molecule has 1 N–H and O–H groups in total.